The largest absolute Gasteiger partial charge is 0.309 e. The van der Waals surface area contributed by atoms with Gasteiger partial charge in [0.2, 0.25) is 0 Å². The molecule has 0 saturated heterocycles. The molecule has 0 aliphatic heterocycles. The molecule has 0 saturated carbocycles. The van der Waals surface area contributed by atoms with Gasteiger partial charge in [0.1, 0.15) is 0 Å². The van der Waals surface area contributed by atoms with Crippen LogP contribution in [0.3, 0.4) is 0 Å². The summed E-state index contributed by atoms with van der Waals surface area (Å²) in [6.07, 6.45) is 6.95. The van der Waals surface area contributed by atoms with Crippen LogP contribution in [-0.4, -0.2) is 6.04 Å². The molecule has 0 radical (unpaired) electrons. The van der Waals surface area contributed by atoms with E-state index in [9.17, 15) is 0 Å². The summed E-state index contributed by atoms with van der Waals surface area (Å²) in [5.74, 6) is 1.15. The zero-order valence-electron chi connectivity index (χ0n) is 15.3. The van der Waals surface area contributed by atoms with Crippen LogP contribution in [0.4, 0.5) is 0 Å². The van der Waals surface area contributed by atoms with E-state index >= 15 is 0 Å². The van der Waals surface area contributed by atoms with E-state index in [0.29, 0.717) is 17.9 Å². The van der Waals surface area contributed by atoms with Crippen LogP contribution in [0.5, 0.6) is 0 Å². The molecule has 0 fully saturated rings. The standard InChI is InChI=1S/C23H31N/c1-19(2)23(24-18-22-16-8-5-9-17-22)20(3)12-10-11-15-21-13-6-4-7-14-21/h4-10,12-14,16-17,19-20,23-24H,11,15,18H2,1-3H3/b12-10+/t20-,23+/m1/s1. The Morgan fingerprint density at radius 2 is 1.42 bits per heavy atom. The summed E-state index contributed by atoms with van der Waals surface area (Å²) in [5.41, 5.74) is 2.76. The molecule has 2 aromatic carbocycles. The first-order chi connectivity index (χ1) is 11.7. The minimum atomic E-state index is 0.498. The second kappa shape index (κ2) is 10.1. The first kappa shape index (κ1) is 18.5. The number of rotatable bonds is 9. The Morgan fingerprint density at radius 1 is 0.833 bits per heavy atom. The lowest BCUT2D eigenvalue weighted by Crippen LogP contribution is -2.38. The summed E-state index contributed by atoms with van der Waals surface area (Å²) >= 11 is 0. The van der Waals surface area contributed by atoms with Gasteiger partial charge in [-0.15, -0.1) is 0 Å². The van der Waals surface area contributed by atoms with Crippen LogP contribution >= 0.6 is 0 Å². The molecule has 0 heterocycles. The van der Waals surface area contributed by atoms with Crippen LogP contribution in [0.2, 0.25) is 0 Å². The molecule has 0 amide bonds. The molecule has 0 unspecified atom stereocenters. The molecule has 0 aromatic heterocycles. The van der Waals surface area contributed by atoms with Crippen LogP contribution < -0.4 is 5.32 Å². The second-order valence-electron chi connectivity index (χ2n) is 6.95. The van der Waals surface area contributed by atoms with Gasteiger partial charge >= 0.3 is 0 Å². The van der Waals surface area contributed by atoms with Crippen molar-refractivity contribution < 1.29 is 0 Å². The second-order valence-corrected chi connectivity index (χ2v) is 6.95. The highest BCUT2D eigenvalue weighted by molar-refractivity contribution is 5.16. The van der Waals surface area contributed by atoms with Crippen molar-refractivity contribution in [1.82, 2.24) is 5.32 Å². The fourth-order valence-corrected chi connectivity index (χ4v) is 3.19. The zero-order valence-corrected chi connectivity index (χ0v) is 15.3. The molecule has 1 N–H and O–H groups in total. The Hall–Kier alpha value is -1.86. The van der Waals surface area contributed by atoms with Crippen molar-refractivity contribution >= 4 is 0 Å². The highest BCUT2D eigenvalue weighted by Crippen LogP contribution is 2.16. The predicted octanol–water partition coefficient (Wildman–Crippen LogP) is 5.63. The summed E-state index contributed by atoms with van der Waals surface area (Å²) in [6, 6.07) is 21.9. The van der Waals surface area contributed by atoms with Gasteiger partial charge in [0.25, 0.3) is 0 Å². The lowest BCUT2D eigenvalue weighted by molar-refractivity contribution is 0.334. The van der Waals surface area contributed by atoms with E-state index < -0.39 is 0 Å². The summed E-state index contributed by atoms with van der Waals surface area (Å²) in [6.45, 7) is 7.86. The molecule has 0 spiro atoms. The Balaban J connectivity index is 1.82. The topological polar surface area (TPSA) is 12.0 Å². The molecule has 0 bridgehead atoms. The van der Waals surface area contributed by atoms with Crippen molar-refractivity contribution in [3.05, 3.63) is 83.9 Å². The van der Waals surface area contributed by atoms with Gasteiger partial charge in [0, 0.05) is 12.6 Å². The first-order valence-corrected chi connectivity index (χ1v) is 9.14. The SMILES string of the molecule is CC(C)[C@H](NCc1ccccc1)[C@H](C)/C=C/CCc1ccccc1. The van der Waals surface area contributed by atoms with Gasteiger partial charge in [0.15, 0.2) is 0 Å². The maximum Gasteiger partial charge on any atom is 0.0208 e. The normalized spacial score (nSPS) is 14.2. The van der Waals surface area contributed by atoms with Crippen molar-refractivity contribution in [1.29, 1.82) is 0 Å². The quantitative estimate of drug-likeness (QED) is 0.591. The molecule has 2 atom stereocenters. The minimum absolute atomic E-state index is 0.498. The molecular formula is C23H31N. The molecule has 0 aliphatic rings. The maximum absolute atomic E-state index is 3.74. The lowest BCUT2D eigenvalue weighted by atomic mass is 9.91. The molecule has 1 nitrogen and oxygen atoms in total. The number of nitrogens with one attached hydrogen (secondary N) is 1. The van der Waals surface area contributed by atoms with E-state index in [0.717, 1.165) is 19.4 Å². The Morgan fingerprint density at radius 3 is 2.00 bits per heavy atom. The molecule has 1 heteroatoms. The van der Waals surface area contributed by atoms with Crippen LogP contribution in [0.15, 0.2) is 72.8 Å². The van der Waals surface area contributed by atoms with Crippen molar-refractivity contribution in [2.45, 2.75) is 46.2 Å². The number of hydrogen-bond donors (Lipinski definition) is 1. The van der Waals surface area contributed by atoms with Gasteiger partial charge in [-0.2, -0.15) is 0 Å². The van der Waals surface area contributed by atoms with Gasteiger partial charge in [-0.05, 0) is 35.8 Å². The Labute approximate surface area is 147 Å². The monoisotopic (exact) mass is 321 g/mol. The van der Waals surface area contributed by atoms with E-state index in [2.05, 4.69) is 98.9 Å². The third-order valence-corrected chi connectivity index (χ3v) is 4.55. The van der Waals surface area contributed by atoms with Crippen molar-refractivity contribution in [2.75, 3.05) is 0 Å². The predicted molar refractivity (Wildman–Crippen MR) is 105 cm³/mol. The van der Waals surface area contributed by atoms with Crippen molar-refractivity contribution in [3.63, 3.8) is 0 Å². The maximum atomic E-state index is 3.74. The first-order valence-electron chi connectivity index (χ1n) is 9.14. The summed E-state index contributed by atoms with van der Waals surface area (Å²) in [5, 5.41) is 3.74. The smallest absolute Gasteiger partial charge is 0.0208 e. The summed E-state index contributed by atoms with van der Waals surface area (Å²) in [4.78, 5) is 0. The molecule has 2 rings (SSSR count). The van der Waals surface area contributed by atoms with Gasteiger partial charge in [-0.3, -0.25) is 0 Å². The lowest BCUT2D eigenvalue weighted by Gasteiger charge is -2.27. The number of benzene rings is 2. The van der Waals surface area contributed by atoms with E-state index in [1.807, 2.05) is 0 Å². The van der Waals surface area contributed by atoms with Crippen LogP contribution in [0, 0.1) is 11.8 Å². The molecule has 2 aromatic rings. The Bertz CT molecular complexity index is 586. The van der Waals surface area contributed by atoms with Crippen LogP contribution in [0.25, 0.3) is 0 Å². The molecular weight excluding hydrogens is 290 g/mol. The third kappa shape index (κ3) is 6.33. The minimum Gasteiger partial charge on any atom is -0.309 e. The van der Waals surface area contributed by atoms with Gasteiger partial charge in [-0.25, -0.2) is 0 Å². The zero-order chi connectivity index (χ0) is 17.2. The number of allylic oxidation sites excluding steroid dienone is 1. The molecule has 0 aliphatic carbocycles. The third-order valence-electron chi connectivity index (χ3n) is 4.55. The number of aryl methyl sites for hydroxylation is 1. The fourth-order valence-electron chi connectivity index (χ4n) is 3.19. The van der Waals surface area contributed by atoms with Crippen molar-refractivity contribution in [3.8, 4) is 0 Å². The van der Waals surface area contributed by atoms with E-state index in [1.54, 1.807) is 0 Å². The van der Waals surface area contributed by atoms with Gasteiger partial charge < -0.3 is 5.32 Å². The number of hydrogen-bond acceptors (Lipinski definition) is 1. The highest BCUT2D eigenvalue weighted by atomic mass is 14.9. The summed E-state index contributed by atoms with van der Waals surface area (Å²) < 4.78 is 0. The average molecular weight is 322 g/mol. The van der Waals surface area contributed by atoms with Gasteiger partial charge in [-0.1, -0.05) is 93.6 Å². The van der Waals surface area contributed by atoms with Gasteiger partial charge in [0.05, 0.1) is 0 Å². The summed E-state index contributed by atoms with van der Waals surface area (Å²) in [7, 11) is 0. The average Bonchev–Trinajstić information content (AvgIpc) is 2.60. The van der Waals surface area contributed by atoms with E-state index in [-0.39, 0.29) is 0 Å². The highest BCUT2D eigenvalue weighted by Gasteiger charge is 2.18. The van der Waals surface area contributed by atoms with E-state index in [4.69, 9.17) is 0 Å². The van der Waals surface area contributed by atoms with Crippen LogP contribution in [0.1, 0.15) is 38.3 Å². The van der Waals surface area contributed by atoms with Crippen LogP contribution in [-0.2, 0) is 13.0 Å². The van der Waals surface area contributed by atoms with E-state index in [1.165, 1.54) is 11.1 Å². The fraction of sp³-hybridized carbons (Fsp3) is 0.391. The Kier molecular flexibility index (Phi) is 7.77. The molecule has 128 valence electrons. The molecule has 24 heavy (non-hydrogen) atoms. The van der Waals surface area contributed by atoms with Crippen molar-refractivity contribution in [2.24, 2.45) is 11.8 Å².